The Bertz CT molecular complexity index is 614. The number of fused-ring (bicyclic) bond motifs is 3. The van der Waals surface area contributed by atoms with Gasteiger partial charge in [-0.25, -0.2) is 4.98 Å². The Balaban J connectivity index is 1.62. The van der Waals surface area contributed by atoms with Gasteiger partial charge >= 0.3 is 5.97 Å². The van der Waals surface area contributed by atoms with Crippen LogP contribution in [0.2, 0.25) is 0 Å². The summed E-state index contributed by atoms with van der Waals surface area (Å²) >= 11 is 3.39. The van der Waals surface area contributed by atoms with Gasteiger partial charge in [-0.1, -0.05) is 32.6 Å². The Morgan fingerprint density at radius 1 is 1.44 bits per heavy atom. The maximum Gasteiger partial charge on any atom is 0.310 e. The molecule has 27 heavy (non-hydrogen) atoms. The van der Waals surface area contributed by atoms with E-state index in [-0.39, 0.29) is 18.0 Å². The van der Waals surface area contributed by atoms with E-state index in [2.05, 4.69) is 40.1 Å². The van der Waals surface area contributed by atoms with Gasteiger partial charge in [-0.05, 0) is 54.1 Å². The molecule has 1 saturated carbocycles. The van der Waals surface area contributed by atoms with Crippen LogP contribution in [0.15, 0.2) is 22.8 Å². The number of halogens is 1. The van der Waals surface area contributed by atoms with Crippen LogP contribution in [0.3, 0.4) is 0 Å². The molecule has 0 amide bonds. The lowest BCUT2D eigenvalue weighted by molar-refractivity contribution is -0.202. The second-order valence-electron chi connectivity index (χ2n) is 7.80. The summed E-state index contributed by atoms with van der Waals surface area (Å²) < 4.78 is 13.1. The highest BCUT2D eigenvalue weighted by Crippen LogP contribution is 2.40. The predicted octanol–water partition coefficient (Wildman–Crippen LogP) is 4.65. The third-order valence-electron chi connectivity index (χ3n) is 5.67. The number of nitrogens with one attached hydrogen (secondary N) is 1. The highest BCUT2D eigenvalue weighted by molar-refractivity contribution is 9.10. The van der Waals surface area contributed by atoms with Crippen LogP contribution in [-0.2, 0) is 9.53 Å². The van der Waals surface area contributed by atoms with E-state index in [1.165, 1.54) is 12.8 Å². The zero-order chi connectivity index (χ0) is 19.3. The molecule has 3 fully saturated rings. The first-order valence-electron chi connectivity index (χ1n) is 10.1. The standard InChI is InChI=1S/C21H30BrN2O3/c1-3-4-5-6-7-15(2)20(25)27-21-11-10-16(13-24-21)12-18(21)26-19-9-8-17(22)14-23-19/h8-9,14-16,18,24H,2-7,10-13H2,1H3/t15?,16-,18-,21+/m1/s1. The van der Waals surface area contributed by atoms with Crippen molar-refractivity contribution in [1.82, 2.24) is 10.3 Å². The third kappa shape index (κ3) is 5.23. The van der Waals surface area contributed by atoms with E-state index in [0.717, 1.165) is 49.5 Å². The van der Waals surface area contributed by atoms with Crippen molar-refractivity contribution >= 4 is 21.9 Å². The monoisotopic (exact) mass is 437 g/mol. The zero-order valence-corrected chi connectivity index (χ0v) is 17.7. The first-order valence-corrected chi connectivity index (χ1v) is 10.9. The minimum absolute atomic E-state index is 0.225. The molecule has 1 N–H and O–H groups in total. The van der Waals surface area contributed by atoms with Crippen LogP contribution in [0.25, 0.3) is 0 Å². The molecule has 0 spiro atoms. The van der Waals surface area contributed by atoms with Crippen molar-refractivity contribution in [3.63, 3.8) is 0 Å². The van der Waals surface area contributed by atoms with E-state index in [9.17, 15) is 4.79 Å². The molecule has 3 aliphatic rings. The van der Waals surface area contributed by atoms with Gasteiger partial charge in [-0.3, -0.25) is 10.1 Å². The maximum absolute atomic E-state index is 12.7. The number of ether oxygens (including phenoxy) is 2. The molecule has 1 unspecified atom stereocenters. The fourth-order valence-electron chi connectivity index (χ4n) is 3.97. The zero-order valence-electron chi connectivity index (χ0n) is 16.1. The molecule has 4 rings (SSSR count). The number of pyridine rings is 1. The summed E-state index contributed by atoms with van der Waals surface area (Å²) in [5, 5.41) is 3.44. The van der Waals surface area contributed by atoms with Crippen molar-refractivity contribution in [3.05, 3.63) is 29.7 Å². The molecule has 4 atom stereocenters. The lowest BCUT2D eigenvalue weighted by Gasteiger charge is -2.50. The molecule has 149 valence electrons. The molecule has 2 aliphatic heterocycles. The largest absolute Gasteiger partial charge is 0.469 e. The number of aromatic nitrogens is 1. The number of carbonyl (C=O) groups excluding carboxylic acids is 1. The van der Waals surface area contributed by atoms with Gasteiger partial charge in [0.15, 0.2) is 6.10 Å². The van der Waals surface area contributed by atoms with Gasteiger partial charge in [0.2, 0.25) is 11.6 Å². The van der Waals surface area contributed by atoms with Gasteiger partial charge in [0, 0.05) is 29.7 Å². The number of esters is 1. The summed E-state index contributed by atoms with van der Waals surface area (Å²) in [6, 6.07) is 3.73. The van der Waals surface area contributed by atoms with E-state index < -0.39 is 5.72 Å². The molecule has 1 aliphatic carbocycles. The first-order chi connectivity index (χ1) is 13.0. The Kier molecular flexibility index (Phi) is 7.15. The number of carbonyl (C=O) groups is 1. The van der Waals surface area contributed by atoms with Crippen LogP contribution in [0.5, 0.6) is 5.88 Å². The average molecular weight is 438 g/mol. The van der Waals surface area contributed by atoms with Crippen LogP contribution in [-0.4, -0.2) is 29.3 Å². The summed E-state index contributed by atoms with van der Waals surface area (Å²) in [6.45, 7) is 7.08. The number of piperidine rings is 2. The summed E-state index contributed by atoms with van der Waals surface area (Å²) in [4.78, 5) is 17.0. The SMILES string of the molecule is [CH2]C(CCCCCC)C(=O)O[C@]12CC[C@@H](CN1)C[C@H]2Oc1ccc(Br)cn1. The summed E-state index contributed by atoms with van der Waals surface area (Å²) in [5.74, 6) is 0.551. The van der Waals surface area contributed by atoms with E-state index in [0.29, 0.717) is 11.8 Å². The molecular weight excluding hydrogens is 408 g/mol. The summed E-state index contributed by atoms with van der Waals surface area (Å²) in [5.41, 5.74) is -0.764. The predicted molar refractivity (Wildman–Crippen MR) is 108 cm³/mol. The second-order valence-corrected chi connectivity index (χ2v) is 8.71. The number of hydrogen-bond acceptors (Lipinski definition) is 5. The second kappa shape index (κ2) is 9.37. The van der Waals surface area contributed by atoms with Crippen LogP contribution in [0.1, 0.15) is 58.3 Å². The molecule has 2 saturated heterocycles. The van der Waals surface area contributed by atoms with Crippen molar-refractivity contribution in [1.29, 1.82) is 0 Å². The van der Waals surface area contributed by atoms with Gasteiger partial charge in [-0.2, -0.15) is 0 Å². The average Bonchev–Trinajstić information content (AvgIpc) is 2.68. The number of unbranched alkanes of at least 4 members (excludes halogenated alkanes) is 3. The van der Waals surface area contributed by atoms with Crippen LogP contribution < -0.4 is 10.1 Å². The number of hydrogen-bond donors (Lipinski definition) is 1. The van der Waals surface area contributed by atoms with E-state index >= 15 is 0 Å². The fourth-order valence-corrected chi connectivity index (χ4v) is 4.20. The van der Waals surface area contributed by atoms with E-state index in [1.807, 2.05) is 12.1 Å². The van der Waals surface area contributed by atoms with E-state index in [1.54, 1.807) is 6.20 Å². The highest BCUT2D eigenvalue weighted by atomic mass is 79.9. The Morgan fingerprint density at radius 3 is 2.96 bits per heavy atom. The summed E-state index contributed by atoms with van der Waals surface area (Å²) in [7, 11) is 0. The molecule has 3 heterocycles. The van der Waals surface area contributed by atoms with Gasteiger partial charge in [-0.15, -0.1) is 0 Å². The minimum atomic E-state index is -0.764. The minimum Gasteiger partial charge on any atom is -0.469 e. The molecule has 1 aromatic heterocycles. The van der Waals surface area contributed by atoms with Gasteiger partial charge in [0.1, 0.15) is 0 Å². The Hall–Kier alpha value is -1.14. The fraction of sp³-hybridized carbons (Fsp3) is 0.667. The molecule has 1 aromatic rings. The number of rotatable bonds is 9. The molecular formula is C21H30BrN2O3. The van der Waals surface area contributed by atoms with Gasteiger partial charge in [0.25, 0.3) is 0 Å². The normalized spacial score (nSPS) is 28.0. The quantitative estimate of drug-likeness (QED) is 0.449. The van der Waals surface area contributed by atoms with Gasteiger partial charge in [0.05, 0.1) is 5.92 Å². The Morgan fingerprint density at radius 2 is 2.30 bits per heavy atom. The lowest BCUT2D eigenvalue weighted by atomic mass is 9.76. The van der Waals surface area contributed by atoms with Gasteiger partial charge < -0.3 is 9.47 Å². The topological polar surface area (TPSA) is 60.5 Å². The van der Waals surface area contributed by atoms with Crippen molar-refractivity contribution in [3.8, 4) is 5.88 Å². The first kappa shape index (κ1) is 20.6. The smallest absolute Gasteiger partial charge is 0.310 e. The lowest BCUT2D eigenvalue weighted by Crippen LogP contribution is -2.67. The molecule has 6 heteroatoms. The molecule has 1 radical (unpaired) electrons. The number of nitrogens with zero attached hydrogens (tertiary/aromatic N) is 1. The molecule has 0 aromatic carbocycles. The van der Waals surface area contributed by atoms with E-state index in [4.69, 9.17) is 9.47 Å². The highest BCUT2D eigenvalue weighted by Gasteiger charge is 2.52. The molecule has 5 nitrogen and oxygen atoms in total. The summed E-state index contributed by atoms with van der Waals surface area (Å²) in [6.07, 6.45) is 9.49. The van der Waals surface area contributed by atoms with Crippen molar-refractivity contribution in [2.24, 2.45) is 11.8 Å². The van der Waals surface area contributed by atoms with Crippen LogP contribution in [0, 0.1) is 18.8 Å². The maximum atomic E-state index is 12.7. The van der Waals surface area contributed by atoms with Crippen molar-refractivity contribution < 1.29 is 14.3 Å². The van der Waals surface area contributed by atoms with Crippen molar-refractivity contribution in [2.45, 2.75) is 70.1 Å². The van der Waals surface area contributed by atoms with Crippen molar-refractivity contribution in [2.75, 3.05) is 6.54 Å². The van der Waals surface area contributed by atoms with Crippen LogP contribution in [0.4, 0.5) is 0 Å². The Labute approximate surface area is 170 Å². The molecule has 2 bridgehead atoms. The third-order valence-corrected chi connectivity index (χ3v) is 6.14. The van der Waals surface area contributed by atoms with Crippen LogP contribution >= 0.6 is 15.9 Å².